The Balaban J connectivity index is 2.18. The second-order valence-corrected chi connectivity index (χ2v) is 9.70. The first kappa shape index (κ1) is 24.8. The minimum Gasteiger partial charge on any atom is -0.507 e. The fourth-order valence-electron chi connectivity index (χ4n) is 4.04. The molecule has 176 valence electrons. The Morgan fingerprint density at radius 2 is 1.76 bits per heavy atom. The van der Waals surface area contributed by atoms with Crippen LogP contribution in [-0.4, -0.2) is 34.8 Å². The minimum absolute atomic E-state index is 0.0320. The van der Waals surface area contributed by atoms with Gasteiger partial charge < -0.3 is 14.7 Å². The minimum atomic E-state index is -0.702. The molecule has 0 bridgehead atoms. The number of halogens is 1. The lowest BCUT2D eigenvalue weighted by Crippen LogP contribution is -2.30. The van der Waals surface area contributed by atoms with Gasteiger partial charge in [0.05, 0.1) is 23.2 Å². The molecule has 6 heteroatoms. The van der Waals surface area contributed by atoms with Gasteiger partial charge in [-0.2, -0.15) is 0 Å². The number of hydrogen-bond donors (Lipinski definition) is 1. The summed E-state index contributed by atoms with van der Waals surface area (Å²) in [6.45, 7) is 11.1. The lowest BCUT2D eigenvalue weighted by atomic mass is 9.85. The fraction of sp³-hybridized carbons (Fsp3) is 0.407. The summed E-state index contributed by atoms with van der Waals surface area (Å²) in [6, 6.07) is 12.1. The second-order valence-electron chi connectivity index (χ2n) is 9.29. The maximum absolute atomic E-state index is 13.1. The Bertz CT molecular complexity index is 1070. The highest BCUT2D eigenvalue weighted by atomic mass is 35.5. The molecule has 0 spiro atoms. The summed E-state index contributed by atoms with van der Waals surface area (Å²) >= 11 is 6.38. The van der Waals surface area contributed by atoms with Crippen LogP contribution in [0.2, 0.25) is 5.02 Å². The van der Waals surface area contributed by atoms with Crippen LogP contribution in [0.5, 0.6) is 5.75 Å². The van der Waals surface area contributed by atoms with Crippen LogP contribution >= 0.6 is 11.6 Å². The van der Waals surface area contributed by atoms with E-state index in [2.05, 4.69) is 20.8 Å². The summed E-state index contributed by atoms with van der Waals surface area (Å²) in [6.07, 6.45) is 1.63. The molecule has 1 heterocycles. The molecule has 0 aliphatic carbocycles. The van der Waals surface area contributed by atoms with Gasteiger partial charge in [0.15, 0.2) is 0 Å². The maximum atomic E-state index is 13.1. The van der Waals surface area contributed by atoms with Gasteiger partial charge in [-0.1, -0.05) is 70.0 Å². The normalized spacial score (nSPS) is 18.1. The number of Topliss-reactive ketones (excluding diaryl/α,β-unsaturated/α-hetero) is 1. The molecular formula is C27H32ClNO4. The molecular weight excluding hydrogens is 438 g/mol. The molecule has 1 saturated heterocycles. The summed E-state index contributed by atoms with van der Waals surface area (Å²) < 4.78 is 5.54. The predicted molar refractivity (Wildman–Crippen MR) is 132 cm³/mol. The van der Waals surface area contributed by atoms with Gasteiger partial charge >= 0.3 is 0 Å². The Morgan fingerprint density at radius 3 is 2.33 bits per heavy atom. The number of aliphatic hydroxyl groups excluding tert-OH is 1. The number of carbonyl (C=O) groups is 2. The molecule has 0 aromatic heterocycles. The standard InChI is InChI=1S/C27H32ClNO4/c1-6-8-15-29-23(17-9-11-18(12-10-17)27(3,4)5)22(25(31)26(29)32)24(30)20-16-19(33-7-2)13-14-21(20)28/h9-14,16,23,30H,6-8,15H2,1-5H3/b24-22+. The molecule has 1 amide bonds. The van der Waals surface area contributed by atoms with Crippen LogP contribution < -0.4 is 4.74 Å². The third kappa shape index (κ3) is 5.09. The van der Waals surface area contributed by atoms with Crippen molar-refractivity contribution in [1.29, 1.82) is 0 Å². The Hall–Kier alpha value is -2.79. The Labute approximate surface area is 201 Å². The molecule has 3 rings (SSSR count). The number of hydrogen-bond acceptors (Lipinski definition) is 4. The van der Waals surface area contributed by atoms with Crippen LogP contribution in [0, 0.1) is 0 Å². The van der Waals surface area contributed by atoms with Crippen LogP contribution in [0.3, 0.4) is 0 Å². The van der Waals surface area contributed by atoms with Crippen molar-refractivity contribution in [2.75, 3.05) is 13.2 Å². The zero-order chi connectivity index (χ0) is 24.3. The summed E-state index contributed by atoms with van der Waals surface area (Å²) in [5.74, 6) is -1.07. The molecule has 33 heavy (non-hydrogen) atoms. The highest BCUT2D eigenvalue weighted by molar-refractivity contribution is 6.47. The average Bonchev–Trinajstić information content (AvgIpc) is 3.03. The first-order valence-electron chi connectivity index (χ1n) is 11.4. The zero-order valence-corrected chi connectivity index (χ0v) is 20.7. The van der Waals surface area contributed by atoms with Gasteiger partial charge in [0, 0.05) is 12.1 Å². The van der Waals surface area contributed by atoms with Gasteiger partial charge in [-0.15, -0.1) is 0 Å². The van der Waals surface area contributed by atoms with Crippen LogP contribution in [0.4, 0.5) is 0 Å². The van der Waals surface area contributed by atoms with E-state index in [1.165, 1.54) is 0 Å². The van der Waals surface area contributed by atoms with Crippen molar-refractivity contribution in [1.82, 2.24) is 4.90 Å². The average molecular weight is 470 g/mol. The molecule has 0 radical (unpaired) electrons. The topological polar surface area (TPSA) is 66.8 Å². The third-order valence-corrected chi connectivity index (χ3v) is 6.22. The van der Waals surface area contributed by atoms with Crippen molar-refractivity contribution in [3.63, 3.8) is 0 Å². The van der Waals surface area contributed by atoms with Gasteiger partial charge in [-0.05, 0) is 48.1 Å². The van der Waals surface area contributed by atoms with E-state index in [9.17, 15) is 14.7 Å². The van der Waals surface area contributed by atoms with Crippen molar-refractivity contribution >= 4 is 29.1 Å². The number of ether oxygens (including phenoxy) is 1. The Morgan fingerprint density at radius 1 is 1.09 bits per heavy atom. The van der Waals surface area contributed by atoms with E-state index in [4.69, 9.17) is 16.3 Å². The van der Waals surface area contributed by atoms with Crippen molar-refractivity contribution < 1.29 is 19.4 Å². The summed E-state index contributed by atoms with van der Waals surface area (Å²) in [4.78, 5) is 27.7. The summed E-state index contributed by atoms with van der Waals surface area (Å²) in [7, 11) is 0. The fourth-order valence-corrected chi connectivity index (χ4v) is 4.25. The van der Waals surface area contributed by atoms with Crippen LogP contribution in [0.15, 0.2) is 48.0 Å². The molecule has 5 nitrogen and oxygen atoms in total. The molecule has 0 saturated carbocycles. The summed E-state index contributed by atoms with van der Waals surface area (Å²) in [5, 5.41) is 11.6. The van der Waals surface area contributed by atoms with E-state index in [-0.39, 0.29) is 27.3 Å². The van der Waals surface area contributed by atoms with E-state index in [0.29, 0.717) is 18.9 Å². The number of nitrogens with zero attached hydrogens (tertiary/aromatic N) is 1. The molecule has 1 unspecified atom stereocenters. The van der Waals surface area contributed by atoms with E-state index >= 15 is 0 Å². The van der Waals surface area contributed by atoms with Crippen molar-refractivity contribution in [3.05, 3.63) is 69.8 Å². The smallest absolute Gasteiger partial charge is 0.295 e. The zero-order valence-electron chi connectivity index (χ0n) is 19.9. The maximum Gasteiger partial charge on any atom is 0.295 e. The number of amides is 1. The number of benzene rings is 2. The predicted octanol–water partition coefficient (Wildman–Crippen LogP) is 6.26. The molecule has 2 aromatic carbocycles. The largest absolute Gasteiger partial charge is 0.507 e. The number of rotatable bonds is 7. The number of likely N-dealkylation sites (tertiary alicyclic amines) is 1. The van der Waals surface area contributed by atoms with Crippen molar-refractivity contribution in [2.24, 2.45) is 0 Å². The molecule has 1 atom stereocenters. The molecule has 2 aromatic rings. The van der Waals surface area contributed by atoms with E-state index < -0.39 is 17.7 Å². The van der Waals surface area contributed by atoms with E-state index in [0.717, 1.165) is 24.0 Å². The van der Waals surface area contributed by atoms with Crippen LogP contribution in [-0.2, 0) is 15.0 Å². The number of ketones is 1. The number of carbonyl (C=O) groups excluding carboxylic acids is 2. The molecule has 1 aliphatic rings. The first-order valence-corrected chi connectivity index (χ1v) is 11.8. The third-order valence-electron chi connectivity index (χ3n) is 5.89. The van der Waals surface area contributed by atoms with Crippen molar-refractivity contribution in [2.45, 2.75) is 58.9 Å². The highest BCUT2D eigenvalue weighted by Crippen LogP contribution is 2.41. The number of aliphatic hydroxyl groups is 1. The van der Waals surface area contributed by atoms with Crippen LogP contribution in [0.25, 0.3) is 5.76 Å². The molecule has 1 aliphatic heterocycles. The molecule has 1 fully saturated rings. The van der Waals surface area contributed by atoms with Gasteiger partial charge in [-0.25, -0.2) is 0 Å². The first-order chi connectivity index (χ1) is 15.6. The van der Waals surface area contributed by atoms with Gasteiger partial charge in [0.25, 0.3) is 11.7 Å². The van der Waals surface area contributed by atoms with Gasteiger partial charge in [0.2, 0.25) is 0 Å². The SMILES string of the molecule is CCCCN1C(=O)C(=O)/C(=C(/O)c2cc(OCC)ccc2Cl)C1c1ccc(C(C)(C)C)cc1. The second kappa shape index (κ2) is 10.0. The monoisotopic (exact) mass is 469 g/mol. The Kier molecular flexibility index (Phi) is 7.53. The highest BCUT2D eigenvalue weighted by Gasteiger charge is 2.46. The summed E-state index contributed by atoms with van der Waals surface area (Å²) in [5.41, 5.74) is 2.21. The van der Waals surface area contributed by atoms with Gasteiger partial charge in [0.1, 0.15) is 11.5 Å². The lowest BCUT2D eigenvalue weighted by molar-refractivity contribution is -0.139. The van der Waals surface area contributed by atoms with Gasteiger partial charge in [-0.3, -0.25) is 9.59 Å². The van der Waals surface area contributed by atoms with E-state index in [1.54, 1.807) is 23.1 Å². The van der Waals surface area contributed by atoms with E-state index in [1.807, 2.05) is 38.1 Å². The number of unbranched alkanes of at least 4 members (excludes halogenated alkanes) is 1. The van der Waals surface area contributed by atoms with Crippen LogP contribution in [0.1, 0.15) is 70.2 Å². The quantitative estimate of drug-likeness (QED) is 0.295. The van der Waals surface area contributed by atoms with Crippen molar-refractivity contribution in [3.8, 4) is 5.75 Å². The molecule has 1 N–H and O–H groups in total. The lowest BCUT2D eigenvalue weighted by Gasteiger charge is -2.26.